The number of benzene rings is 3. The zero-order valence-corrected chi connectivity index (χ0v) is 21.3. The van der Waals surface area contributed by atoms with Crippen LogP contribution in [0, 0.1) is 0 Å². The molecule has 0 fully saturated rings. The van der Waals surface area contributed by atoms with Crippen molar-refractivity contribution in [2.24, 2.45) is 0 Å². The van der Waals surface area contributed by atoms with Gasteiger partial charge in [0.15, 0.2) is 0 Å². The van der Waals surface area contributed by atoms with E-state index in [-0.39, 0.29) is 24.4 Å². The molecule has 0 heterocycles. The van der Waals surface area contributed by atoms with Crippen LogP contribution in [-0.2, 0) is 24.2 Å². The van der Waals surface area contributed by atoms with Crippen molar-refractivity contribution >= 4 is 29.1 Å². The molecule has 1 aliphatic carbocycles. The standard InChI is InChI=1S/C28H30Cl2N2O2/c1-31(18-19-8-5-4-6-9-19)25-15-13-21-22(10-7-11-26(21)34-3)28(25)32(2)27(33)17-20-12-14-23(29)24(30)16-20/h4-12,14,16,25,28H,13,15,17-18H2,1-3H3/t25-,28-/m0/s1. The Kier molecular flexibility index (Phi) is 7.82. The van der Waals surface area contributed by atoms with Crippen molar-refractivity contribution < 1.29 is 9.53 Å². The van der Waals surface area contributed by atoms with Crippen LogP contribution in [0.1, 0.15) is 34.7 Å². The number of halogens is 2. The molecule has 1 aliphatic rings. The van der Waals surface area contributed by atoms with Crippen LogP contribution < -0.4 is 4.74 Å². The Balaban J connectivity index is 1.65. The van der Waals surface area contributed by atoms with Crippen LogP contribution in [0.25, 0.3) is 0 Å². The minimum atomic E-state index is -0.0946. The maximum atomic E-state index is 13.5. The van der Waals surface area contributed by atoms with E-state index in [1.165, 1.54) is 11.1 Å². The average molecular weight is 497 g/mol. The topological polar surface area (TPSA) is 32.8 Å². The molecule has 0 radical (unpaired) electrons. The van der Waals surface area contributed by atoms with E-state index in [2.05, 4.69) is 42.3 Å². The highest BCUT2D eigenvalue weighted by molar-refractivity contribution is 6.42. The van der Waals surface area contributed by atoms with E-state index in [4.69, 9.17) is 27.9 Å². The molecule has 2 atom stereocenters. The third-order valence-electron chi connectivity index (χ3n) is 6.75. The minimum Gasteiger partial charge on any atom is -0.496 e. The lowest BCUT2D eigenvalue weighted by Gasteiger charge is -2.44. The van der Waals surface area contributed by atoms with Gasteiger partial charge in [0.25, 0.3) is 0 Å². The van der Waals surface area contributed by atoms with Gasteiger partial charge in [0.05, 0.1) is 29.6 Å². The summed E-state index contributed by atoms with van der Waals surface area (Å²) >= 11 is 12.3. The average Bonchev–Trinajstić information content (AvgIpc) is 2.85. The minimum absolute atomic E-state index is 0.0390. The second kappa shape index (κ2) is 10.8. The summed E-state index contributed by atoms with van der Waals surface area (Å²) in [7, 11) is 5.76. The van der Waals surface area contributed by atoms with Crippen LogP contribution in [-0.4, -0.2) is 43.0 Å². The molecule has 0 unspecified atom stereocenters. The highest BCUT2D eigenvalue weighted by Crippen LogP contribution is 2.40. The maximum Gasteiger partial charge on any atom is 0.227 e. The fraction of sp³-hybridized carbons (Fsp3) is 0.321. The normalized spacial score (nSPS) is 17.4. The molecule has 3 aromatic rings. The van der Waals surface area contributed by atoms with E-state index in [1.807, 2.05) is 36.2 Å². The van der Waals surface area contributed by atoms with Crippen molar-refractivity contribution in [1.29, 1.82) is 0 Å². The van der Waals surface area contributed by atoms with Gasteiger partial charge in [-0.25, -0.2) is 0 Å². The summed E-state index contributed by atoms with van der Waals surface area (Å²) in [5, 5.41) is 0.949. The Hall–Kier alpha value is -2.53. The lowest BCUT2D eigenvalue weighted by Crippen LogP contribution is -2.48. The predicted molar refractivity (Wildman–Crippen MR) is 139 cm³/mol. The number of ether oxygens (including phenoxy) is 1. The number of hydrogen-bond acceptors (Lipinski definition) is 3. The molecular formula is C28H30Cl2N2O2. The van der Waals surface area contributed by atoms with Crippen molar-refractivity contribution in [2.75, 3.05) is 21.2 Å². The van der Waals surface area contributed by atoms with Crippen LogP contribution in [0.2, 0.25) is 10.0 Å². The predicted octanol–water partition coefficient (Wildman–Crippen LogP) is 6.19. The molecule has 0 aliphatic heterocycles. The summed E-state index contributed by atoms with van der Waals surface area (Å²) in [5.41, 5.74) is 4.45. The van der Waals surface area contributed by atoms with Crippen LogP contribution in [0.3, 0.4) is 0 Å². The lowest BCUT2D eigenvalue weighted by atomic mass is 9.81. The first kappa shape index (κ1) is 24.6. The Morgan fingerprint density at radius 3 is 2.44 bits per heavy atom. The van der Waals surface area contributed by atoms with Crippen LogP contribution in [0.4, 0.5) is 0 Å². The molecule has 0 aromatic heterocycles. The second-order valence-electron chi connectivity index (χ2n) is 8.91. The Morgan fingerprint density at radius 2 is 1.74 bits per heavy atom. The van der Waals surface area contributed by atoms with Gasteiger partial charge in [-0.1, -0.05) is 71.7 Å². The van der Waals surface area contributed by atoms with Gasteiger partial charge in [-0.3, -0.25) is 9.69 Å². The molecule has 1 amide bonds. The Morgan fingerprint density at radius 1 is 0.971 bits per heavy atom. The lowest BCUT2D eigenvalue weighted by molar-refractivity contribution is -0.133. The van der Waals surface area contributed by atoms with E-state index in [9.17, 15) is 4.79 Å². The number of rotatable bonds is 7. The monoisotopic (exact) mass is 496 g/mol. The molecule has 178 valence electrons. The van der Waals surface area contributed by atoms with E-state index in [0.29, 0.717) is 10.0 Å². The van der Waals surface area contributed by atoms with Gasteiger partial charge in [-0.05, 0) is 60.3 Å². The largest absolute Gasteiger partial charge is 0.496 e. The molecule has 34 heavy (non-hydrogen) atoms. The van der Waals surface area contributed by atoms with E-state index < -0.39 is 0 Å². The first-order valence-corrected chi connectivity index (χ1v) is 12.2. The summed E-state index contributed by atoms with van der Waals surface area (Å²) in [5.74, 6) is 0.925. The maximum absolute atomic E-state index is 13.5. The van der Waals surface area contributed by atoms with Gasteiger partial charge in [0.2, 0.25) is 5.91 Å². The van der Waals surface area contributed by atoms with Gasteiger partial charge in [-0.15, -0.1) is 0 Å². The third-order valence-corrected chi connectivity index (χ3v) is 7.49. The highest BCUT2D eigenvalue weighted by atomic mass is 35.5. The molecule has 0 spiro atoms. The van der Waals surface area contributed by atoms with Crippen molar-refractivity contribution in [3.05, 3.63) is 99.0 Å². The quantitative estimate of drug-likeness (QED) is 0.390. The van der Waals surface area contributed by atoms with Crippen LogP contribution in [0.15, 0.2) is 66.7 Å². The molecule has 6 heteroatoms. The third kappa shape index (κ3) is 5.25. The molecule has 0 N–H and O–H groups in total. The number of nitrogens with zero attached hydrogens (tertiary/aromatic N) is 2. The Labute approximate surface area is 212 Å². The first-order valence-electron chi connectivity index (χ1n) is 11.5. The summed E-state index contributed by atoms with van der Waals surface area (Å²) in [6.07, 6.45) is 2.11. The van der Waals surface area contributed by atoms with Gasteiger partial charge in [-0.2, -0.15) is 0 Å². The summed E-state index contributed by atoms with van der Waals surface area (Å²) in [6.45, 7) is 0.816. The van der Waals surface area contributed by atoms with Crippen LogP contribution in [0.5, 0.6) is 5.75 Å². The van der Waals surface area contributed by atoms with Crippen molar-refractivity contribution in [2.45, 2.75) is 37.9 Å². The first-order chi connectivity index (χ1) is 16.4. The summed E-state index contributed by atoms with van der Waals surface area (Å²) in [6, 6.07) is 22.0. The molecular weight excluding hydrogens is 467 g/mol. The van der Waals surface area contributed by atoms with E-state index in [1.54, 1.807) is 19.2 Å². The van der Waals surface area contributed by atoms with Gasteiger partial charge < -0.3 is 9.64 Å². The number of carbonyl (C=O) groups is 1. The molecule has 4 nitrogen and oxygen atoms in total. The number of fused-ring (bicyclic) bond motifs is 1. The molecule has 0 saturated heterocycles. The number of carbonyl (C=O) groups excluding carboxylic acids is 1. The molecule has 4 rings (SSSR count). The molecule has 3 aromatic carbocycles. The SMILES string of the molecule is COc1cccc2c1CC[C@H](N(C)Cc1ccccc1)[C@H]2N(C)C(=O)Cc1ccc(Cl)c(Cl)c1. The molecule has 0 saturated carbocycles. The van der Waals surface area contributed by atoms with E-state index in [0.717, 1.165) is 36.3 Å². The number of methoxy groups -OCH3 is 1. The number of likely N-dealkylation sites (N-methyl/N-ethyl adjacent to an activating group) is 2. The smallest absolute Gasteiger partial charge is 0.227 e. The fourth-order valence-electron chi connectivity index (χ4n) is 5.00. The van der Waals surface area contributed by atoms with Gasteiger partial charge in [0.1, 0.15) is 5.75 Å². The van der Waals surface area contributed by atoms with Gasteiger partial charge >= 0.3 is 0 Å². The summed E-state index contributed by atoms with van der Waals surface area (Å²) < 4.78 is 5.67. The van der Waals surface area contributed by atoms with Gasteiger partial charge in [0, 0.05) is 19.6 Å². The van der Waals surface area contributed by atoms with Crippen LogP contribution >= 0.6 is 23.2 Å². The molecule has 0 bridgehead atoms. The highest BCUT2D eigenvalue weighted by Gasteiger charge is 2.37. The van der Waals surface area contributed by atoms with Crippen molar-refractivity contribution in [1.82, 2.24) is 9.80 Å². The number of hydrogen-bond donors (Lipinski definition) is 0. The summed E-state index contributed by atoms with van der Waals surface area (Å²) in [4.78, 5) is 17.8. The van der Waals surface area contributed by atoms with E-state index >= 15 is 0 Å². The fourth-order valence-corrected chi connectivity index (χ4v) is 5.32. The number of amides is 1. The second-order valence-corrected chi connectivity index (χ2v) is 9.72. The zero-order valence-electron chi connectivity index (χ0n) is 19.8. The Bertz CT molecular complexity index is 1150. The zero-order chi connectivity index (χ0) is 24.2. The van der Waals surface area contributed by atoms with Crippen molar-refractivity contribution in [3.63, 3.8) is 0 Å². The van der Waals surface area contributed by atoms with Crippen molar-refractivity contribution in [3.8, 4) is 5.75 Å².